The van der Waals surface area contributed by atoms with Crippen LogP contribution in [-0.2, 0) is 4.79 Å². The lowest BCUT2D eigenvalue weighted by molar-refractivity contribution is -0.134. The molecule has 2 aromatic carbocycles. The Balaban J connectivity index is 1.72. The SMILES string of the molecule is COc1ccc(OC)c([C@@H]2CCCN2C(=O)COc2ccc(C#N)cc2)c1. The van der Waals surface area contributed by atoms with Crippen molar-refractivity contribution in [1.82, 2.24) is 4.90 Å². The van der Waals surface area contributed by atoms with Crippen LogP contribution in [0.3, 0.4) is 0 Å². The lowest BCUT2D eigenvalue weighted by atomic mass is 10.0. The first kappa shape index (κ1) is 18.6. The molecule has 0 N–H and O–H groups in total. The molecule has 27 heavy (non-hydrogen) atoms. The van der Waals surface area contributed by atoms with Gasteiger partial charge in [-0.15, -0.1) is 0 Å². The molecule has 1 heterocycles. The van der Waals surface area contributed by atoms with E-state index in [-0.39, 0.29) is 18.6 Å². The topological polar surface area (TPSA) is 71.8 Å². The molecule has 0 unspecified atom stereocenters. The van der Waals surface area contributed by atoms with E-state index in [0.717, 1.165) is 29.9 Å². The van der Waals surface area contributed by atoms with Crippen molar-refractivity contribution >= 4 is 5.91 Å². The van der Waals surface area contributed by atoms with Crippen molar-refractivity contribution in [2.24, 2.45) is 0 Å². The number of benzene rings is 2. The fraction of sp³-hybridized carbons (Fsp3) is 0.333. The largest absolute Gasteiger partial charge is 0.497 e. The Kier molecular flexibility index (Phi) is 5.82. The predicted octanol–water partition coefficient (Wildman–Crippen LogP) is 3.32. The van der Waals surface area contributed by atoms with Gasteiger partial charge in [0.2, 0.25) is 0 Å². The van der Waals surface area contributed by atoms with Gasteiger partial charge in [-0.25, -0.2) is 0 Å². The minimum atomic E-state index is -0.0771. The molecular weight excluding hydrogens is 344 g/mol. The first-order chi connectivity index (χ1) is 13.2. The zero-order chi connectivity index (χ0) is 19.2. The van der Waals surface area contributed by atoms with Crippen LogP contribution in [0.25, 0.3) is 0 Å². The van der Waals surface area contributed by atoms with Crippen LogP contribution in [0.15, 0.2) is 42.5 Å². The van der Waals surface area contributed by atoms with Crippen molar-refractivity contribution in [2.45, 2.75) is 18.9 Å². The second kappa shape index (κ2) is 8.45. The van der Waals surface area contributed by atoms with Crippen molar-refractivity contribution in [3.63, 3.8) is 0 Å². The lowest BCUT2D eigenvalue weighted by Gasteiger charge is -2.26. The molecule has 1 amide bonds. The molecule has 1 saturated heterocycles. The maximum atomic E-state index is 12.8. The van der Waals surface area contributed by atoms with Gasteiger partial charge in [-0.2, -0.15) is 5.26 Å². The van der Waals surface area contributed by atoms with E-state index >= 15 is 0 Å². The summed E-state index contributed by atoms with van der Waals surface area (Å²) in [7, 11) is 3.25. The quantitative estimate of drug-likeness (QED) is 0.784. The Morgan fingerprint density at radius 3 is 2.56 bits per heavy atom. The average Bonchev–Trinajstić information content (AvgIpc) is 3.21. The van der Waals surface area contributed by atoms with Crippen LogP contribution < -0.4 is 14.2 Å². The molecule has 0 aliphatic carbocycles. The van der Waals surface area contributed by atoms with Crippen LogP contribution in [0.1, 0.15) is 30.0 Å². The number of ether oxygens (including phenoxy) is 3. The van der Waals surface area contributed by atoms with Crippen LogP contribution in [0.4, 0.5) is 0 Å². The molecule has 1 aliphatic heterocycles. The number of carbonyl (C=O) groups excluding carboxylic acids is 1. The van der Waals surface area contributed by atoms with Gasteiger partial charge < -0.3 is 19.1 Å². The molecule has 1 aliphatic rings. The zero-order valence-corrected chi connectivity index (χ0v) is 15.5. The third-order valence-electron chi connectivity index (χ3n) is 4.71. The maximum absolute atomic E-state index is 12.8. The van der Waals surface area contributed by atoms with Gasteiger partial charge in [-0.05, 0) is 55.3 Å². The Bertz CT molecular complexity index is 842. The van der Waals surface area contributed by atoms with E-state index in [4.69, 9.17) is 19.5 Å². The maximum Gasteiger partial charge on any atom is 0.261 e. The Morgan fingerprint density at radius 2 is 1.89 bits per heavy atom. The van der Waals surface area contributed by atoms with Gasteiger partial charge in [0.15, 0.2) is 6.61 Å². The van der Waals surface area contributed by atoms with E-state index in [2.05, 4.69) is 6.07 Å². The van der Waals surface area contributed by atoms with E-state index in [1.165, 1.54) is 0 Å². The van der Waals surface area contributed by atoms with Crippen LogP contribution in [0.2, 0.25) is 0 Å². The zero-order valence-electron chi connectivity index (χ0n) is 15.5. The standard InChI is InChI=1S/C21H22N2O4/c1-25-17-9-10-20(26-2)18(12-17)19-4-3-11-23(19)21(24)14-27-16-7-5-15(13-22)6-8-16/h5-10,12,19H,3-4,11,14H2,1-2H3/t19-/m0/s1. The molecule has 0 aromatic heterocycles. The summed E-state index contributed by atoms with van der Waals surface area (Å²) >= 11 is 0. The molecule has 0 radical (unpaired) electrons. The van der Waals surface area contributed by atoms with E-state index < -0.39 is 0 Å². The Hall–Kier alpha value is -3.20. The van der Waals surface area contributed by atoms with Crippen LogP contribution in [-0.4, -0.2) is 38.2 Å². The summed E-state index contributed by atoms with van der Waals surface area (Å²) in [6.07, 6.45) is 1.79. The average molecular weight is 366 g/mol. The molecule has 2 aromatic rings. The van der Waals surface area contributed by atoms with Gasteiger partial charge >= 0.3 is 0 Å². The number of nitriles is 1. The third-order valence-corrected chi connectivity index (χ3v) is 4.71. The van der Waals surface area contributed by atoms with Gasteiger partial charge in [0.1, 0.15) is 17.2 Å². The molecule has 3 rings (SSSR count). The van der Waals surface area contributed by atoms with Crippen LogP contribution in [0.5, 0.6) is 17.2 Å². The molecule has 140 valence electrons. The summed E-state index contributed by atoms with van der Waals surface area (Å²) in [6.45, 7) is 0.634. The number of likely N-dealkylation sites (tertiary alicyclic amines) is 1. The van der Waals surface area contributed by atoms with Crippen LogP contribution in [0, 0.1) is 11.3 Å². The van der Waals surface area contributed by atoms with E-state index in [1.54, 1.807) is 38.5 Å². The molecule has 0 spiro atoms. The number of nitrogens with zero attached hydrogens (tertiary/aromatic N) is 2. The van der Waals surface area contributed by atoms with Gasteiger partial charge in [-0.1, -0.05) is 0 Å². The van der Waals surface area contributed by atoms with E-state index in [1.807, 2.05) is 23.1 Å². The fourth-order valence-corrected chi connectivity index (χ4v) is 3.34. The van der Waals surface area contributed by atoms with Crippen molar-refractivity contribution < 1.29 is 19.0 Å². The summed E-state index contributed by atoms with van der Waals surface area (Å²) < 4.78 is 16.4. The van der Waals surface area contributed by atoms with Crippen molar-refractivity contribution in [3.8, 4) is 23.3 Å². The Morgan fingerprint density at radius 1 is 1.15 bits per heavy atom. The Labute approximate surface area is 158 Å². The second-order valence-electron chi connectivity index (χ2n) is 6.28. The van der Waals surface area contributed by atoms with Crippen molar-refractivity contribution in [1.29, 1.82) is 5.26 Å². The molecule has 0 saturated carbocycles. The monoisotopic (exact) mass is 366 g/mol. The van der Waals surface area contributed by atoms with Gasteiger partial charge in [0.05, 0.1) is 31.9 Å². The predicted molar refractivity (Wildman–Crippen MR) is 99.9 cm³/mol. The number of hydrogen-bond acceptors (Lipinski definition) is 5. The third kappa shape index (κ3) is 4.14. The number of hydrogen-bond donors (Lipinski definition) is 0. The summed E-state index contributed by atoms with van der Waals surface area (Å²) in [4.78, 5) is 14.6. The lowest BCUT2D eigenvalue weighted by Crippen LogP contribution is -2.34. The van der Waals surface area contributed by atoms with Gasteiger partial charge in [0, 0.05) is 12.1 Å². The molecule has 1 atom stereocenters. The molecule has 6 heteroatoms. The van der Waals surface area contributed by atoms with Crippen molar-refractivity contribution in [2.75, 3.05) is 27.4 Å². The highest BCUT2D eigenvalue weighted by Gasteiger charge is 2.32. The van der Waals surface area contributed by atoms with Gasteiger partial charge in [-0.3, -0.25) is 4.79 Å². The summed E-state index contributed by atoms with van der Waals surface area (Å²) in [5.41, 5.74) is 1.50. The second-order valence-corrected chi connectivity index (χ2v) is 6.28. The number of rotatable bonds is 6. The first-order valence-corrected chi connectivity index (χ1v) is 8.80. The molecule has 1 fully saturated rings. The number of methoxy groups -OCH3 is 2. The highest BCUT2D eigenvalue weighted by atomic mass is 16.5. The summed E-state index contributed by atoms with van der Waals surface area (Å²) in [5, 5.41) is 8.84. The number of carbonyl (C=O) groups is 1. The minimum absolute atomic E-state index is 0.0469. The summed E-state index contributed by atoms with van der Waals surface area (Å²) in [6, 6.07) is 14.3. The van der Waals surface area contributed by atoms with E-state index in [0.29, 0.717) is 17.9 Å². The highest BCUT2D eigenvalue weighted by molar-refractivity contribution is 5.78. The summed E-state index contributed by atoms with van der Waals surface area (Å²) in [5.74, 6) is 1.97. The number of amides is 1. The normalized spacial score (nSPS) is 15.9. The molecular formula is C21H22N2O4. The molecule has 0 bridgehead atoms. The first-order valence-electron chi connectivity index (χ1n) is 8.80. The highest BCUT2D eigenvalue weighted by Crippen LogP contribution is 2.38. The van der Waals surface area contributed by atoms with Crippen molar-refractivity contribution in [3.05, 3.63) is 53.6 Å². The van der Waals surface area contributed by atoms with E-state index in [9.17, 15) is 4.79 Å². The fourth-order valence-electron chi connectivity index (χ4n) is 3.34. The smallest absolute Gasteiger partial charge is 0.261 e. The van der Waals surface area contributed by atoms with Gasteiger partial charge in [0.25, 0.3) is 5.91 Å². The molecule has 6 nitrogen and oxygen atoms in total. The minimum Gasteiger partial charge on any atom is -0.497 e. The van der Waals surface area contributed by atoms with Crippen LogP contribution >= 0.6 is 0 Å².